The molecule has 1 atom stereocenters. The van der Waals surface area contributed by atoms with Gasteiger partial charge in [-0.05, 0) is 78.0 Å². The molecule has 0 heterocycles. The smallest absolute Gasteiger partial charge is 0.453 e. The van der Waals surface area contributed by atoms with Crippen molar-refractivity contribution in [3.8, 4) is 82.9 Å². The third-order valence-electron chi connectivity index (χ3n) is 1.80. The maximum atomic E-state index is 13.1. The standard InChI is InChI=1S/C19H10FO6P/c1-2-3-4-5-6-7-8-9-10-11-12-13-14-15-19(21)25-16-18(20)17-26-27(22,23)24/h18H,16-17H2,1H3,(H2,22,23,24)/t18-/m1/s1. The molecule has 0 fully saturated rings. The van der Waals surface area contributed by atoms with E-state index in [1.165, 1.54) is 0 Å². The lowest BCUT2D eigenvalue weighted by atomic mass is 10.4. The molecule has 0 aromatic heterocycles. The van der Waals surface area contributed by atoms with Crippen LogP contribution < -0.4 is 0 Å². The van der Waals surface area contributed by atoms with Crippen LogP contribution in [0, 0.1) is 82.9 Å². The quantitative estimate of drug-likeness (QED) is 0.301. The normalized spacial score (nSPS) is 8.74. The number of halogens is 1. The molecule has 27 heavy (non-hydrogen) atoms. The molecule has 0 bridgehead atoms. The summed E-state index contributed by atoms with van der Waals surface area (Å²) >= 11 is 0. The van der Waals surface area contributed by atoms with Crippen molar-refractivity contribution in [3.63, 3.8) is 0 Å². The zero-order valence-electron chi connectivity index (χ0n) is 13.8. The molecule has 0 saturated carbocycles. The Morgan fingerprint density at radius 3 is 1.78 bits per heavy atom. The van der Waals surface area contributed by atoms with E-state index in [0.29, 0.717) is 0 Å². The zero-order chi connectivity index (χ0) is 20.4. The van der Waals surface area contributed by atoms with Gasteiger partial charge < -0.3 is 14.5 Å². The molecular formula is C19H10FO6P. The minimum absolute atomic E-state index is 0.771. The molecule has 0 saturated heterocycles. The Morgan fingerprint density at radius 2 is 1.33 bits per heavy atom. The van der Waals surface area contributed by atoms with E-state index in [9.17, 15) is 13.8 Å². The number of phosphoric acid groups is 1. The van der Waals surface area contributed by atoms with Crippen molar-refractivity contribution in [3.05, 3.63) is 0 Å². The molecule has 0 spiro atoms. The van der Waals surface area contributed by atoms with Crippen molar-refractivity contribution in [2.45, 2.75) is 13.1 Å². The molecule has 0 rings (SSSR count). The van der Waals surface area contributed by atoms with Crippen LogP contribution in [0.5, 0.6) is 0 Å². The summed E-state index contributed by atoms with van der Waals surface area (Å²) in [7, 11) is -4.78. The summed E-state index contributed by atoms with van der Waals surface area (Å²) in [5.41, 5.74) is 0. The van der Waals surface area contributed by atoms with Gasteiger partial charge in [-0.15, -0.1) is 0 Å². The minimum atomic E-state index is -4.78. The van der Waals surface area contributed by atoms with Crippen molar-refractivity contribution in [1.82, 2.24) is 0 Å². The fraction of sp³-hybridized carbons (Fsp3) is 0.211. The highest BCUT2D eigenvalue weighted by Gasteiger charge is 2.18. The fourth-order valence-electron chi connectivity index (χ4n) is 0.886. The first-order valence-corrected chi connectivity index (χ1v) is 8.32. The minimum Gasteiger partial charge on any atom is -0.453 e. The summed E-state index contributed by atoms with van der Waals surface area (Å²) in [6, 6.07) is 0. The monoisotopic (exact) mass is 384 g/mol. The van der Waals surface area contributed by atoms with Crippen molar-refractivity contribution >= 4 is 13.8 Å². The number of hydrogen-bond acceptors (Lipinski definition) is 4. The van der Waals surface area contributed by atoms with Crippen molar-refractivity contribution in [2.24, 2.45) is 0 Å². The molecule has 0 amide bonds. The van der Waals surface area contributed by atoms with E-state index in [0.717, 1.165) is 0 Å². The van der Waals surface area contributed by atoms with E-state index in [1.54, 1.807) is 6.92 Å². The van der Waals surface area contributed by atoms with Crippen LogP contribution in [0.25, 0.3) is 0 Å². The number of carbonyl (C=O) groups excluding carboxylic acids is 1. The third kappa shape index (κ3) is 18.6. The Kier molecular flexibility index (Phi) is 12.8. The van der Waals surface area contributed by atoms with E-state index in [-0.39, 0.29) is 0 Å². The van der Waals surface area contributed by atoms with Gasteiger partial charge in [0.15, 0.2) is 6.17 Å². The Hall–Kier alpha value is -3.57. The molecule has 0 radical (unpaired) electrons. The Morgan fingerprint density at radius 1 is 0.889 bits per heavy atom. The molecule has 0 unspecified atom stereocenters. The molecule has 134 valence electrons. The summed E-state index contributed by atoms with van der Waals surface area (Å²) in [6.07, 6.45) is -1.91. The van der Waals surface area contributed by atoms with Crippen molar-refractivity contribution < 1.29 is 32.8 Å². The second kappa shape index (κ2) is 14.7. The lowest BCUT2D eigenvalue weighted by Gasteiger charge is -2.08. The van der Waals surface area contributed by atoms with Crippen LogP contribution in [0.2, 0.25) is 0 Å². The number of alkyl halides is 1. The summed E-state index contributed by atoms with van der Waals surface area (Å²) < 4.78 is 31.8. The second-order valence-corrected chi connectivity index (χ2v) is 5.10. The Balaban J connectivity index is 4.27. The molecule has 0 aliphatic carbocycles. The number of rotatable bonds is 5. The highest BCUT2D eigenvalue weighted by molar-refractivity contribution is 7.46. The van der Waals surface area contributed by atoms with E-state index in [2.05, 4.69) is 86.2 Å². The van der Waals surface area contributed by atoms with Crippen LogP contribution in [0.1, 0.15) is 6.92 Å². The van der Waals surface area contributed by atoms with Crippen LogP contribution in [0.3, 0.4) is 0 Å². The lowest BCUT2D eigenvalue weighted by molar-refractivity contribution is -0.138. The summed E-state index contributed by atoms with van der Waals surface area (Å²) in [5, 5.41) is 0. The van der Waals surface area contributed by atoms with E-state index in [1.807, 2.05) is 5.92 Å². The highest BCUT2D eigenvalue weighted by Crippen LogP contribution is 2.35. The molecule has 8 heteroatoms. The first-order chi connectivity index (χ1) is 12.8. The predicted octanol–water partition coefficient (Wildman–Crippen LogP) is 0.0207. The Bertz CT molecular complexity index is 1020. The van der Waals surface area contributed by atoms with Crippen molar-refractivity contribution in [1.29, 1.82) is 0 Å². The van der Waals surface area contributed by atoms with Gasteiger partial charge in [0.25, 0.3) is 0 Å². The van der Waals surface area contributed by atoms with Gasteiger partial charge in [-0.3, -0.25) is 4.52 Å². The average Bonchev–Trinajstić information content (AvgIpc) is 2.61. The third-order valence-corrected chi connectivity index (χ3v) is 2.28. The van der Waals surface area contributed by atoms with Crippen LogP contribution in [0.15, 0.2) is 0 Å². The van der Waals surface area contributed by atoms with Crippen LogP contribution >= 0.6 is 7.82 Å². The SMILES string of the molecule is CC#CC#CC#CC#CC#CC#CC#CC(=O)OC[C@@H](F)COP(=O)(O)O. The van der Waals surface area contributed by atoms with Gasteiger partial charge >= 0.3 is 13.8 Å². The Labute approximate surface area is 156 Å². The first-order valence-electron chi connectivity index (χ1n) is 6.79. The van der Waals surface area contributed by atoms with Gasteiger partial charge in [-0.1, -0.05) is 5.92 Å². The molecule has 0 aromatic rings. The lowest BCUT2D eigenvalue weighted by Crippen LogP contribution is -2.18. The number of phosphoric ester groups is 1. The molecule has 2 N–H and O–H groups in total. The van der Waals surface area contributed by atoms with Gasteiger partial charge in [0.1, 0.15) is 6.61 Å². The fourth-order valence-corrected chi connectivity index (χ4v) is 1.24. The van der Waals surface area contributed by atoms with E-state index >= 15 is 0 Å². The topological polar surface area (TPSA) is 93.1 Å². The molecule has 0 aliphatic rings. The van der Waals surface area contributed by atoms with E-state index < -0.39 is 33.2 Å². The maximum absolute atomic E-state index is 13.1. The number of ether oxygens (including phenoxy) is 1. The second-order valence-electron chi connectivity index (χ2n) is 3.86. The number of hydrogen-bond donors (Lipinski definition) is 2. The van der Waals surface area contributed by atoms with Gasteiger partial charge in [0.05, 0.1) is 6.61 Å². The van der Waals surface area contributed by atoms with E-state index in [4.69, 9.17) is 9.79 Å². The predicted molar refractivity (Wildman–Crippen MR) is 94.0 cm³/mol. The molecular weight excluding hydrogens is 374 g/mol. The summed E-state index contributed by atoms with van der Waals surface area (Å²) in [4.78, 5) is 27.9. The first kappa shape index (κ1) is 23.4. The van der Waals surface area contributed by atoms with Crippen LogP contribution in [0.4, 0.5) is 4.39 Å². The van der Waals surface area contributed by atoms with Gasteiger partial charge in [-0.2, -0.15) is 0 Å². The number of carbonyl (C=O) groups is 1. The highest BCUT2D eigenvalue weighted by atomic mass is 31.2. The summed E-state index contributed by atoms with van der Waals surface area (Å²) in [6.45, 7) is -0.0437. The molecule has 0 aromatic carbocycles. The van der Waals surface area contributed by atoms with Gasteiger partial charge in [0.2, 0.25) is 0 Å². The largest absolute Gasteiger partial charge is 0.469 e. The van der Waals surface area contributed by atoms with Crippen LogP contribution in [-0.2, 0) is 18.6 Å². The maximum Gasteiger partial charge on any atom is 0.469 e. The average molecular weight is 384 g/mol. The van der Waals surface area contributed by atoms with Gasteiger partial charge in [0, 0.05) is 5.92 Å². The van der Waals surface area contributed by atoms with Gasteiger partial charge in [-0.25, -0.2) is 13.8 Å². The molecule has 6 nitrogen and oxygen atoms in total. The zero-order valence-corrected chi connectivity index (χ0v) is 14.7. The molecule has 0 aliphatic heterocycles. The van der Waals surface area contributed by atoms with Crippen LogP contribution in [-0.4, -0.2) is 35.1 Å². The van der Waals surface area contributed by atoms with Crippen molar-refractivity contribution in [2.75, 3.05) is 13.2 Å². The summed E-state index contributed by atoms with van der Waals surface area (Å²) in [5.74, 6) is 31.9. The number of esters is 1.